The molecule has 0 bridgehead atoms. The number of benzene rings is 1. The largest absolute Gasteiger partial charge is 0.497 e. The van der Waals surface area contributed by atoms with E-state index in [0.29, 0.717) is 5.92 Å². The van der Waals surface area contributed by atoms with Crippen LogP contribution in [-0.2, 0) is 6.54 Å². The van der Waals surface area contributed by atoms with E-state index >= 15 is 0 Å². The third-order valence-electron chi connectivity index (χ3n) is 4.40. The maximum Gasteiger partial charge on any atom is 0.119 e. The summed E-state index contributed by atoms with van der Waals surface area (Å²) >= 11 is 0. The number of aryl methyl sites for hydroxylation is 1. The number of nitrogens with one attached hydrogen (secondary N) is 1. The summed E-state index contributed by atoms with van der Waals surface area (Å²) in [6, 6.07) is 7.80. The van der Waals surface area contributed by atoms with Crippen LogP contribution >= 0.6 is 0 Å². The molecule has 0 radical (unpaired) electrons. The molecule has 1 saturated heterocycles. The lowest BCUT2D eigenvalue weighted by atomic mass is 9.98. The van der Waals surface area contributed by atoms with Crippen molar-refractivity contribution in [3.8, 4) is 11.5 Å². The van der Waals surface area contributed by atoms with Crippen LogP contribution in [0.5, 0.6) is 11.5 Å². The number of ether oxygens (including phenoxy) is 2. The average Bonchev–Trinajstić information content (AvgIpc) is 2.99. The highest BCUT2D eigenvalue weighted by Gasteiger charge is 2.20. The highest BCUT2D eigenvalue weighted by Crippen LogP contribution is 2.22. The number of imidazole rings is 1. The van der Waals surface area contributed by atoms with Crippen molar-refractivity contribution in [2.45, 2.75) is 26.3 Å². The third-order valence-corrected chi connectivity index (χ3v) is 4.40. The minimum absolute atomic E-state index is 0.636. The van der Waals surface area contributed by atoms with Gasteiger partial charge in [0.25, 0.3) is 0 Å². The molecule has 3 rings (SSSR count). The van der Waals surface area contributed by atoms with Gasteiger partial charge in [0, 0.05) is 18.4 Å². The molecule has 1 fully saturated rings. The van der Waals surface area contributed by atoms with Crippen LogP contribution in [0.2, 0.25) is 0 Å². The molecule has 0 unspecified atom stereocenters. The first-order valence-electron chi connectivity index (χ1n) is 8.22. The Hall–Kier alpha value is -2.01. The van der Waals surface area contributed by atoms with E-state index in [9.17, 15) is 0 Å². The quantitative estimate of drug-likeness (QED) is 0.890. The van der Waals surface area contributed by atoms with Crippen molar-refractivity contribution in [2.24, 2.45) is 5.92 Å². The first-order valence-corrected chi connectivity index (χ1v) is 8.22. The molecule has 124 valence electrons. The molecule has 0 atom stereocenters. The molecule has 1 aromatic heterocycles. The number of methoxy groups -OCH3 is 1. The van der Waals surface area contributed by atoms with Gasteiger partial charge >= 0.3 is 0 Å². The summed E-state index contributed by atoms with van der Waals surface area (Å²) in [6.07, 6.45) is 4.31. The van der Waals surface area contributed by atoms with E-state index < -0.39 is 0 Å². The van der Waals surface area contributed by atoms with Gasteiger partial charge < -0.3 is 14.5 Å². The van der Waals surface area contributed by atoms with Gasteiger partial charge in [0.05, 0.1) is 13.7 Å². The Morgan fingerprint density at radius 3 is 2.48 bits per heavy atom. The minimum atomic E-state index is 0.636. The number of aromatic nitrogens is 2. The molecule has 5 nitrogen and oxygen atoms in total. The Bertz CT molecular complexity index is 601. The number of nitrogens with zero attached hydrogens (tertiary/aromatic N) is 2. The number of hydrogen-bond donors (Lipinski definition) is 1. The predicted octanol–water partition coefficient (Wildman–Crippen LogP) is 3.02. The molecule has 0 amide bonds. The summed E-state index contributed by atoms with van der Waals surface area (Å²) in [5, 5.41) is 0. The van der Waals surface area contributed by atoms with Crippen LogP contribution in [0.4, 0.5) is 0 Å². The lowest BCUT2D eigenvalue weighted by Crippen LogP contribution is -2.35. The van der Waals surface area contributed by atoms with Crippen LogP contribution in [-0.4, -0.2) is 41.7 Å². The van der Waals surface area contributed by atoms with Crippen LogP contribution in [0.15, 0.2) is 30.5 Å². The van der Waals surface area contributed by atoms with Gasteiger partial charge in [-0.3, -0.25) is 4.90 Å². The van der Waals surface area contributed by atoms with Crippen molar-refractivity contribution >= 4 is 0 Å². The third kappa shape index (κ3) is 4.48. The molecule has 1 aliphatic heterocycles. The molecular formula is C18H25N3O2. The maximum absolute atomic E-state index is 5.91. The average molecular weight is 315 g/mol. The monoisotopic (exact) mass is 315 g/mol. The molecular weight excluding hydrogens is 290 g/mol. The highest BCUT2D eigenvalue weighted by molar-refractivity contribution is 5.31. The second-order valence-corrected chi connectivity index (χ2v) is 6.20. The SMILES string of the molecule is COc1ccc(OCC2CCN(Cc3cnc(C)[nH]3)CC2)cc1. The van der Waals surface area contributed by atoms with Crippen molar-refractivity contribution in [1.82, 2.24) is 14.9 Å². The van der Waals surface area contributed by atoms with E-state index in [1.807, 2.05) is 37.4 Å². The molecule has 5 heteroatoms. The second kappa shape index (κ2) is 7.51. The van der Waals surface area contributed by atoms with Crippen LogP contribution in [0.3, 0.4) is 0 Å². The molecule has 0 aliphatic carbocycles. The van der Waals surface area contributed by atoms with Crippen LogP contribution < -0.4 is 9.47 Å². The molecule has 0 saturated carbocycles. The van der Waals surface area contributed by atoms with E-state index in [1.165, 1.54) is 18.5 Å². The van der Waals surface area contributed by atoms with Gasteiger partial charge in [-0.25, -0.2) is 4.98 Å². The molecule has 1 N–H and O–H groups in total. The Kier molecular flexibility index (Phi) is 5.18. The van der Waals surface area contributed by atoms with Crippen molar-refractivity contribution in [3.63, 3.8) is 0 Å². The fourth-order valence-corrected chi connectivity index (χ4v) is 2.99. The molecule has 1 aromatic carbocycles. The molecule has 2 heterocycles. The molecule has 1 aliphatic rings. The van der Waals surface area contributed by atoms with E-state index in [4.69, 9.17) is 9.47 Å². The number of piperidine rings is 1. The number of likely N-dealkylation sites (tertiary alicyclic amines) is 1. The summed E-state index contributed by atoms with van der Waals surface area (Å²) in [7, 11) is 1.67. The van der Waals surface area contributed by atoms with Crippen molar-refractivity contribution in [2.75, 3.05) is 26.8 Å². The number of hydrogen-bond acceptors (Lipinski definition) is 4. The summed E-state index contributed by atoms with van der Waals surface area (Å²) in [4.78, 5) is 10.0. The molecule has 0 spiro atoms. The first-order chi connectivity index (χ1) is 11.2. The van der Waals surface area contributed by atoms with Crippen molar-refractivity contribution in [3.05, 3.63) is 42.0 Å². The van der Waals surface area contributed by atoms with Crippen LogP contribution in [0, 0.1) is 12.8 Å². The Labute approximate surface area is 137 Å². The smallest absolute Gasteiger partial charge is 0.119 e. The summed E-state index contributed by atoms with van der Waals surface area (Å²) in [6.45, 7) is 5.99. The fraction of sp³-hybridized carbons (Fsp3) is 0.500. The number of aromatic amines is 1. The predicted molar refractivity (Wildman–Crippen MR) is 89.8 cm³/mol. The van der Waals surface area contributed by atoms with Gasteiger partial charge in [-0.15, -0.1) is 0 Å². The van der Waals surface area contributed by atoms with Crippen LogP contribution in [0.1, 0.15) is 24.4 Å². The Balaban J connectivity index is 1.40. The zero-order valence-electron chi connectivity index (χ0n) is 13.9. The number of H-pyrrole nitrogens is 1. The maximum atomic E-state index is 5.91. The van der Waals surface area contributed by atoms with Gasteiger partial charge in [0.15, 0.2) is 0 Å². The van der Waals surface area contributed by atoms with Crippen molar-refractivity contribution in [1.29, 1.82) is 0 Å². The highest BCUT2D eigenvalue weighted by atomic mass is 16.5. The minimum Gasteiger partial charge on any atom is -0.497 e. The first kappa shape index (κ1) is 15.9. The van der Waals surface area contributed by atoms with Gasteiger partial charge in [-0.2, -0.15) is 0 Å². The molecule has 2 aromatic rings. The Morgan fingerprint density at radius 1 is 1.17 bits per heavy atom. The van der Waals surface area contributed by atoms with Gasteiger partial charge in [0.2, 0.25) is 0 Å². The number of rotatable bonds is 6. The fourth-order valence-electron chi connectivity index (χ4n) is 2.99. The van der Waals surface area contributed by atoms with Crippen molar-refractivity contribution < 1.29 is 9.47 Å². The normalized spacial score (nSPS) is 16.4. The standard InChI is InChI=1S/C18H25N3O2/c1-14-19-11-16(20-14)12-21-9-7-15(8-10-21)13-23-18-5-3-17(22-2)4-6-18/h3-6,11,15H,7-10,12-13H2,1-2H3,(H,19,20). The zero-order valence-corrected chi connectivity index (χ0v) is 13.9. The van der Waals surface area contributed by atoms with E-state index in [1.54, 1.807) is 7.11 Å². The summed E-state index contributed by atoms with van der Waals surface area (Å²) in [5.41, 5.74) is 1.20. The van der Waals surface area contributed by atoms with Gasteiger partial charge in [-0.05, 0) is 63.0 Å². The zero-order chi connectivity index (χ0) is 16.1. The topological polar surface area (TPSA) is 50.4 Å². The summed E-state index contributed by atoms with van der Waals surface area (Å²) in [5.74, 6) is 3.40. The molecule has 23 heavy (non-hydrogen) atoms. The lowest BCUT2D eigenvalue weighted by Gasteiger charge is -2.31. The Morgan fingerprint density at radius 2 is 1.87 bits per heavy atom. The van der Waals surface area contributed by atoms with E-state index in [2.05, 4.69) is 14.9 Å². The second-order valence-electron chi connectivity index (χ2n) is 6.20. The van der Waals surface area contributed by atoms with Gasteiger partial charge in [0.1, 0.15) is 17.3 Å². The summed E-state index contributed by atoms with van der Waals surface area (Å²) < 4.78 is 11.1. The van der Waals surface area contributed by atoms with Crippen LogP contribution in [0.25, 0.3) is 0 Å². The lowest BCUT2D eigenvalue weighted by molar-refractivity contribution is 0.136. The van der Waals surface area contributed by atoms with E-state index in [-0.39, 0.29) is 0 Å². The van der Waals surface area contributed by atoms with Gasteiger partial charge in [-0.1, -0.05) is 0 Å². The van der Waals surface area contributed by atoms with E-state index in [0.717, 1.165) is 43.6 Å².